The van der Waals surface area contributed by atoms with Crippen molar-refractivity contribution in [2.24, 2.45) is 5.73 Å². The van der Waals surface area contributed by atoms with Gasteiger partial charge >= 0.3 is 0 Å². The Bertz CT molecular complexity index is 1010. The van der Waals surface area contributed by atoms with Gasteiger partial charge in [0.15, 0.2) is 11.3 Å². The fraction of sp³-hybridized carbons (Fsp3) is 0.381. The van der Waals surface area contributed by atoms with Gasteiger partial charge in [-0.15, -0.1) is 5.10 Å². The summed E-state index contributed by atoms with van der Waals surface area (Å²) in [6, 6.07) is 12.4. The Balaban J connectivity index is 1.63. The van der Waals surface area contributed by atoms with Gasteiger partial charge in [0, 0.05) is 23.8 Å². The van der Waals surface area contributed by atoms with E-state index in [1.165, 1.54) is 6.20 Å². The predicted octanol–water partition coefficient (Wildman–Crippen LogP) is 3.43. The van der Waals surface area contributed by atoms with Crippen LogP contribution in [0.5, 0.6) is 5.75 Å². The fourth-order valence-corrected chi connectivity index (χ4v) is 3.64. The zero-order valence-electron chi connectivity index (χ0n) is 16.4. The highest BCUT2D eigenvalue weighted by Gasteiger charge is 2.20. The van der Waals surface area contributed by atoms with Crippen LogP contribution in [0.2, 0.25) is 0 Å². The van der Waals surface area contributed by atoms with Gasteiger partial charge in [-0.2, -0.15) is 9.78 Å². The van der Waals surface area contributed by atoms with Gasteiger partial charge in [0.05, 0.1) is 18.5 Å². The van der Waals surface area contributed by atoms with E-state index in [1.54, 1.807) is 4.52 Å². The van der Waals surface area contributed by atoms with E-state index < -0.39 is 0 Å². The molecule has 4 rings (SSSR count). The van der Waals surface area contributed by atoms with Crippen molar-refractivity contribution in [1.29, 1.82) is 5.26 Å². The SMILES string of the molecule is CCOc1ccc(Nc2cc(N[C@H]3CC[C@H](N)CC3)nn3c(C#N)cnc23)cc1. The van der Waals surface area contributed by atoms with E-state index in [4.69, 9.17) is 10.5 Å². The smallest absolute Gasteiger partial charge is 0.178 e. The molecule has 8 nitrogen and oxygen atoms in total. The van der Waals surface area contributed by atoms with Gasteiger partial charge < -0.3 is 21.1 Å². The zero-order chi connectivity index (χ0) is 20.2. The van der Waals surface area contributed by atoms with E-state index in [9.17, 15) is 5.26 Å². The first-order valence-electron chi connectivity index (χ1n) is 9.97. The summed E-state index contributed by atoms with van der Waals surface area (Å²) in [6.45, 7) is 2.59. The van der Waals surface area contributed by atoms with Gasteiger partial charge in [0.1, 0.15) is 17.6 Å². The van der Waals surface area contributed by atoms with Crippen molar-refractivity contribution in [2.75, 3.05) is 17.2 Å². The minimum atomic E-state index is 0.291. The Morgan fingerprint density at radius 2 is 2.00 bits per heavy atom. The number of anilines is 3. The number of rotatable bonds is 6. The highest BCUT2D eigenvalue weighted by atomic mass is 16.5. The summed E-state index contributed by atoms with van der Waals surface area (Å²) >= 11 is 0. The van der Waals surface area contributed by atoms with Crippen molar-refractivity contribution >= 4 is 22.8 Å². The summed E-state index contributed by atoms with van der Waals surface area (Å²) < 4.78 is 7.08. The number of nitrogens with two attached hydrogens (primary N) is 1. The van der Waals surface area contributed by atoms with Crippen LogP contribution in [0.3, 0.4) is 0 Å². The van der Waals surface area contributed by atoms with Gasteiger partial charge in [-0.05, 0) is 56.9 Å². The molecule has 29 heavy (non-hydrogen) atoms. The first-order valence-corrected chi connectivity index (χ1v) is 9.97. The lowest BCUT2D eigenvalue weighted by atomic mass is 9.92. The largest absolute Gasteiger partial charge is 0.494 e. The van der Waals surface area contributed by atoms with Crippen LogP contribution < -0.4 is 21.1 Å². The highest BCUT2D eigenvalue weighted by molar-refractivity contribution is 5.76. The number of nitrogens with zero attached hydrogens (tertiary/aromatic N) is 4. The monoisotopic (exact) mass is 391 g/mol. The average molecular weight is 391 g/mol. The molecule has 4 N–H and O–H groups in total. The summed E-state index contributed by atoms with van der Waals surface area (Å²) in [7, 11) is 0. The standard InChI is InChI=1S/C21H25N7O/c1-2-29-18-9-7-15(8-10-18)25-19-11-20(26-16-5-3-14(23)4-6-16)27-28-17(12-22)13-24-21(19)28/h7-11,13-14,16,25H,2-6,23H2,1H3,(H,26,27)/t14-,16-. The Hall–Kier alpha value is -3.31. The minimum Gasteiger partial charge on any atom is -0.494 e. The van der Waals surface area contributed by atoms with Crippen molar-refractivity contribution < 1.29 is 4.74 Å². The third kappa shape index (κ3) is 4.25. The molecule has 8 heteroatoms. The van der Waals surface area contributed by atoms with Crippen LogP contribution in [0.25, 0.3) is 5.65 Å². The van der Waals surface area contributed by atoms with Gasteiger partial charge in [-0.1, -0.05) is 0 Å². The average Bonchev–Trinajstić information content (AvgIpc) is 3.15. The molecule has 1 fully saturated rings. The lowest BCUT2D eigenvalue weighted by molar-refractivity contribution is 0.340. The summed E-state index contributed by atoms with van der Waals surface area (Å²) in [6.07, 6.45) is 5.57. The second kappa shape index (κ2) is 8.37. The second-order valence-electron chi connectivity index (χ2n) is 7.27. The van der Waals surface area contributed by atoms with E-state index in [2.05, 4.69) is 26.8 Å². The molecule has 0 saturated heterocycles. The molecule has 1 aromatic carbocycles. The molecule has 0 aliphatic heterocycles. The Labute approximate surface area is 169 Å². The molecule has 1 aliphatic carbocycles. The summed E-state index contributed by atoms with van der Waals surface area (Å²) in [5.41, 5.74) is 8.69. The lowest BCUT2D eigenvalue weighted by Crippen LogP contribution is -2.33. The van der Waals surface area contributed by atoms with Gasteiger partial charge in [-0.3, -0.25) is 0 Å². The van der Waals surface area contributed by atoms with Crippen LogP contribution in [-0.2, 0) is 0 Å². The third-order valence-corrected chi connectivity index (χ3v) is 5.15. The second-order valence-corrected chi connectivity index (χ2v) is 7.27. The molecule has 0 atom stereocenters. The summed E-state index contributed by atoms with van der Waals surface area (Å²) in [4.78, 5) is 4.38. The van der Waals surface area contributed by atoms with E-state index in [0.29, 0.717) is 35.8 Å². The number of hydrogen-bond donors (Lipinski definition) is 3. The van der Waals surface area contributed by atoms with Crippen LogP contribution >= 0.6 is 0 Å². The predicted molar refractivity (Wildman–Crippen MR) is 112 cm³/mol. The maximum Gasteiger partial charge on any atom is 0.178 e. The van der Waals surface area contributed by atoms with Crippen LogP contribution in [0.1, 0.15) is 38.3 Å². The number of nitriles is 1. The molecule has 0 bridgehead atoms. The van der Waals surface area contributed by atoms with Crippen molar-refractivity contribution in [1.82, 2.24) is 14.6 Å². The number of aromatic nitrogens is 3. The van der Waals surface area contributed by atoms with Crippen LogP contribution in [-0.4, -0.2) is 33.3 Å². The van der Waals surface area contributed by atoms with Gasteiger partial charge in [0.2, 0.25) is 0 Å². The van der Waals surface area contributed by atoms with Crippen molar-refractivity contribution in [3.63, 3.8) is 0 Å². The first-order chi connectivity index (χ1) is 14.2. The van der Waals surface area contributed by atoms with Crippen molar-refractivity contribution in [3.8, 4) is 11.8 Å². The summed E-state index contributed by atoms with van der Waals surface area (Å²) in [5, 5.41) is 20.9. The quantitative estimate of drug-likeness (QED) is 0.590. The molecule has 0 unspecified atom stereocenters. The van der Waals surface area contributed by atoms with Crippen LogP contribution in [0.4, 0.5) is 17.2 Å². The molecule has 0 amide bonds. The molecular weight excluding hydrogens is 366 g/mol. The number of imidazole rings is 1. The zero-order valence-corrected chi connectivity index (χ0v) is 16.4. The Morgan fingerprint density at radius 1 is 1.24 bits per heavy atom. The number of nitrogens with one attached hydrogen (secondary N) is 2. The lowest BCUT2D eigenvalue weighted by Gasteiger charge is -2.27. The molecule has 2 heterocycles. The van der Waals surface area contributed by atoms with Crippen molar-refractivity contribution in [2.45, 2.75) is 44.7 Å². The number of fused-ring (bicyclic) bond motifs is 1. The van der Waals surface area contributed by atoms with Gasteiger partial charge in [-0.25, -0.2) is 4.98 Å². The van der Waals surface area contributed by atoms with Crippen LogP contribution in [0.15, 0.2) is 36.5 Å². The highest BCUT2D eigenvalue weighted by Crippen LogP contribution is 2.27. The maximum absolute atomic E-state index is 9.41. The molecule has 0 spiro atoms. The number of ether oxygens (including phenoxy) is 1. The molecule has 3 aromatic rings. The normalized spacial score (nSPS) is 18.9. The van der Waals surface area contributed by atoms with Gasteiger partial charge in [0.25, 0.3) is 0 Å². The molecular formula is C21H25N7O. The Kier molecular flexibility index (Phi) is 5.49. The fourth-order valence-electron chi connectivity index (χ4n) is 3.64. The molecule has 1 saturated carbocycles. The van der Waals surface area contributed by atoms with Crippen molar-refractivity contribution in [3.05, 3.63) is 42.2 Å². The Morgan fingerprint density at radius 3 is 2.69 bits per heavy atom. The molecule has 150 valence electrons. The molecule has 0 radical (unpaired) electrons. The van der Waals surface area contributed by atoms with E-state index in [0.717, 1.165) is 42.8 Å². The topological polar surface area (TPSA) is 113 Å². The number of benzene rings is 1. The van der Waals surface area contributed by atoms with Crippen LogP contribution in [0, 0.1) is 11.3 Å². The maximum atomic E-state index is 9.41. The minimum absolute atomic E-state index is 0.291. The summed E-state index contributed by atoms with van der Waals surface area (Å²) in [5.74, 6) is 1.53. The molecule has 1 aliphatic rings. The van der Waals surface area contributed by atoms with E-state index in [-0.39, 0.29) is 0 Å². The third-order valence-electron chi connectivity index (χ3n) is 5.15. The first kappa shape index (κ1) is 19.0. The van der Waals surface area contributed by atoms with E-state index >= 15 is 0 Å². The molecule has 2 aromatic heterocycles. The number of hydrogen-bond acceptors (Lipinski definition) is 7. The van der Waals surface area contributed by atoms with E-state index in [1.807, 2.05) is 37.3 Å².